The lowest BCUT2D eigenvalue weighted by molar-refractivity contribution is -0.146. The zero-order chi connectivity index (χ0) is 22.1. The number of carbonyl (C=O) groups excluding carboxylic acids is 3. The molecular weight excluding hydrogens is 462 g/mol. The van der Waals surface area contributed by atoms with Gasteiger partial charge in [-0.3, -0.25) is 19.3 Å². The predicted octanol–water partition coefficient (Wildman–Crippen LogP) is 0.973. The molecule has 1 aromatic rings. The van der Waals surface area contributed by atoms with Crippen LogP contribution in [0.4, 0.5) is 5.13 Å². The van der Waals surface area contributed by atoms with E-state index in [1.54, 1.807) is 0 Å². The molecule has 166 valence electrons. The Bertz CT molecular complexity index is 972. The average Bonchev–Trinajstić information content (AvgIpc) is 3.18. The van der Waals surface area contributed by atoms with Crippen LogP contribution in [0.1, 0.15) is 31.4 Å². The number of anilines is 1. The van der Waals surface area contributed by atoms with Crippen LogP contribution in [-0.2, 0) is 19.1 Å². The van der Waals surface area contributed by atoms with Crippen molar-refractivity contribution in [3.8, 4) is 0 Å². The largest absolute Gasteiger partial charge is 0.410 e. The van der Waals surface area contributed by atoms with Gasteiger partial charge in [0.2, 0.25) is 5.12 Å². The second-order valence-corrected chi connectivity index (χ2v) is 9.73. The summed E-state index contributed by atoms with van der Waals surface area (Å²) in [4.78, 5) is 43.0. The molecule has 4 heterocycles. The van der Waals surface area contributed by atoms with Gasteiger partial charge in [-0.25, -0.2) is 4.98 Å². The summed E-state index contributed by atoms with van der Waals surface area (Å²) in [5.74, 6) is -0.637. The second-order valence-electron chi connectivity index (χ2n) is 7.33. The fraction of sp³-hybridized carbons (Fsp3) is 0.500. The lowest BCUT2D eigenvalue weighted by atomic mass is 9.97. The van der Waals surface area contributed by atoms with E-state index in [-0.39, 0.29) is 28.3 Å². The van der Waals surface area contributed by atoms with Gasteiger partial charge in [0.05, 0.1) is 11.8 Å². The number of carbonyl (C=O) groups is 3. The van der Waals surface area contributed by atoms with E-state index in [1.807, 2.05) is 0 Å². The van der Waals surface area contributed by atoms with Crippen LogP contribution < -0.4 is 11.1 Å². The number of amides is 2. The molecule has 3 aliphatic heterocycles. The third-order valence-corrected chi connectivity index (χ3v) is 7.59. The summed E-state index contributed by atoms with van der Waals surface area (Å²) in [6.45, 7) is 0.702. The van der Waals surface area contributed by atoms with Crippen LogP contribution in [0.25, 0.3) is 0 Å². The highest BCUT2D eigenvalue weighted by Crippen LogP contribution is 2.42. The zero-order valence-corrected chi connectivity index (χ0v) is 18.8. The normalized spacial score (nSPS) is 26.4. The monoisotopic (exact) mass is 483 g/mol. The number of hydrogen-bond donors (Lipinski definition) is 4. The summed E-state index contributed by atoms with van der Waals surface area (Å²) >= 11 is 6.54. The molecule has 0 spiro atoms. The van der Waals surface area contributed by atoms with E-state index < -0.39 is 28.3 Å². The van der Waals surface area contributed by atoms with Crippen LogP contribution >= 0.6 is 35.7 Å². The van der Waals surface area contributed by atoms with Crippen LogP contribution in [0.2, 0.25) is 0 Å². The van der Waals surface area contributed by atoms with Crippen molar-refractivity contribution in [1.82, 2.24) is 15.2 Å². The van der Waals surface area contributed by atoms with Gasteiger partial charge in [0, 0.05) is 17.7 Å². The maximum atomic E-state index is 12.8. The molecule has 2 unspecified atom stereocenters. The van der Waals surface area contributed by atoms with E-state index in [0.717, 1.165) is 36.2 Å². The number of oxime groups is 1. The molecule has 3 aliphatic rings. The molecule has 13 heteroatoms. The fourth-order valence-electron chi connectivity index (χ4n) is 3.90. The average molecular weight is 484 g/mol. The Balaban J connectivity index is 1.48. The molecule has 0 aromatic carbocycles. The number of fused-ring (bicyclic) bond motifs is 1. The maximum absolute atomic E-state index is 12.8. The van der Waals surface area contributed by atoms with Crippen molar-refractivity contribution in [2.75, 3.05) is 18.1 Å². The minimum atomic E-state index is -0.861. The number of ether oxygens (including phenoxy) is 1. The molecule has 4 rings (SSSR count). The summed E-state index contributed by atoms with van der Waals surface area (Å²) in [6.07, 6.45) is 3.64. The molecule has 2 saturated heterocycles. The Morgan fingerprint density at radius 3 is 2.87 bits per heavy atom. The molecule has 2 amide bonds. The number of nitrogens with zero attached hydrogens (tertiary/aromatic N) is 3. The minimum Gasteiger partial charge on any atom is -0.410 e. The smallest absolute Gasteiger partial charge is 0.276 e. The van der Waals surface area contributed by atoms with E-state index >= 15 is 0 Å². The highest BCUT2D eigenvalue weighted by Gasteiger charge is 2.54. The number of β-lactam (4-membered cyclic amide) rings is 1. The van der Waals surface area contributed by atoms with Crippen molar-refractivity contribution in [3.63, 3.8) is 0 Å². The van der Waals surface area contributed by atoms with E-state index in [4.69, 9.17) is 10.5 Å². The van der Waals surface area contributed by atoms with E-state index in [9.17, 15) is 19.6 Å². The first-order chi connectivity index (χ1) is 14.9. The fourth-order valence-corrected chi connectivity index (χ4v) is 6.08. The van der Waals surface area contributed by atoms with Gasteiger partial charge in [0.1, 0.15) is 17.1 Å². The van der Waals surface area contributed by atoms with Gasteiger partial charge in [-0.15, -0.1) is 23.1 Å². The molecule has 3 atom stereocenters. The minimum absolute atomic E-state index is 0.0318. The highest BCUT2D eigenvalue weighted by molar-refractivity contribution is 8.00. The third-order valence-electron chi connectivity index (χ3n) is 5.36. The molecule has 0 radical (unpaired) electrons. The van der Waals surface area contributed by atoms with Crippen molar-refractivity contribution in [2.24, 2.45) is 5.16 Å². The predicted molar refractivity (Wildman–Crippen MR) is 119 cm³/mol. The molecule has 0 bridgehead atoms. The van der Waals surface area contributed by atoms with Crippen LogP contribution in [0.5, 0.6) is 0 Å². The summed E-state index contributed by atoms with van der Waals surface area (Å²) in [7, 11) is 0. The van der Waals surface area contributed by atoms with Gasteiger partial charge in [-0.2, -0.15) is 0 Å². The SMILES string of the molecule is Nc1nc(/C(=N/O)C(=O)NC2C(=O)N3C(C(=O)S)=C(CC4CCCCO4)CS[C@H]23)cs1. The van der Waals surface area contributed by atoms with E-state index in [2.05, 4.69) is 28.1 Å². The van der Waals surface area contributed by atoms with E-state index in [1.165, 1.54) is 22.0 Å². The molecule has 4 N–H and O–H groups in total. The number of thiol groups is 1. The van der Waals surface area contributed by atoms with Crippen LogP contribution in [0, 0.1) is 0 Å². The summed E-state index contributed by atoms with van der Waals surface area (Å²) in [5, 5.41) is 15.6. The molecule has 31 heavy (non-hydrogen) atoms. The lowest BCUT2D eigenvalue weighted by Crippen LogP contribution is -2.71. The number of hydrogen-bond acceptors (Lipinski definition) is 10. The van der Waals surface area contributed by atoms with E-state index in [0.29, 0.717) is 18.8 Å². The van der Waals surface area contributed by atoms with Gasteiger partial charge in [-0.05, 0) is 31.3 Å². The molecule has 2 fully saturated rings. The summed E-state index contributed by atoms with van der Waals surface area (Å²) < 4.78 is 5.78. The van der Waals surface area contributed by atoms with Gasteiger partial charge >= 0.3 is 0 Å². The standard InChI is InChI=1S/C18H21N5O5S3/c19-18-20-10(7-31-18)11(22-27)14(24)21-12-15(25)23-13(17(26)29)8(6-30-16(12)23)5-9-3-1-2-4-28-9/h7,9,12,16,27H,1-6H2,(H2,19,20)(H,21,24)(H,26,29)/b22-11-/t9?,12?,16-/m1/s1. The quantitative estimate of drug-likeness (QED) is 0.154. The van der Waals surface area contributed by atoms with Crippen LogP contribution in [-0.4, -0.2) is 67.6 Å². The number of rotatable bonds is 6. The molecular formula is C18H21N5O5S3. The molecule has 10 nitrogen and oxygen atoms in total. The number of thioether (sulfide) groups is 1. The first-order valence-electron chi connectivity index (χ1n) is 9.66. The maximum Gasteiger partial charge on any atom is 0.276 e. The highest BCUT2D eigenvalue weighted by atomic mass is 32.2. The Morgan fingerprint density at radius 1 is 1.45 bits per heavy atom. The first-order valence-corrected chi connectivity index (χ1v) is 12.0. The van der Waals surface area contributed by atoms with Crippen molar-refractivity contribution in [2.45, 2.75) is 43.2 Å². The Morgan fingerprint density at radius 2 is 2.26 bits per heavy atom. The lowest BCUT2D eigenvalue weighted by Gasteiger charge is -2.50. The second kappa shape index (κ2) is 9.18. The van der Waals surface area contributed by atoms with Gasteiger partial charge in [0.15, 0.2) is 10.8 Å². The Labute approximate surface area is 191 Å². The topological polar surface area (TPSA) is 147 Å². The number of aromatic nitrogens is 1. The molecule has 1 aromatic heterocycles. The van der Waals surface area contributed by atoms with Crippen LogP contribution in [0.3, 0.4) is 0 Å². The van der Waals surface area contributed by atoms with Crippen molar-refractivity contribution in [3.05, 3.63) is 22.3 Å². The van der Waals surface area contributed by atoms with Gasteiger partial charge in [0.25, 0.3) is 11.8 Å². The molecule has 0 aliphatic carbocycles. The van der Waals surface area contributed by atoms with Gasteiger partial charge < -0.3 is 21.0 Å². The van der Waals surface area contributed by atoms with Crippen LogP contribution in [0.15, 0.2) is 21.8 Å². The Hall–Kier alpha value is -2.09. The summed E-state index contributed by atoms with van der Waals surface area (Å²) in [5.41, 5.74) is 6.45. The zero-order valence-electron chi connectivity index (χ0n) is 16.3. The third kappa shape index (κ3) is 4.31. The number of nitrogen functional groups attached to an aromatic ring is 1. The molecule has 0 saturated carbocycles. The van der Waals surface area contributed by atoms with Crippen molar-refractivity contribution >= 4 is 63.5 Å². The Kier molecular flexibility index (Phi) is 6.55. The van der Waals surface area contributed by atoms with Gasteiger partial charge in [-0.1, -0.05) is 17.8 Å². The summed E-state index contributed by atoms with van der Waals surface area (Å²) in [6, 6.07) is -0.861. The van der Waals surface area contributed by atoms with Crippen molar-refractivity contribution in [1.29, 1.82) is 0 Å². The number of nitrogens with two attached hydrogens (primary N) is 1. The number of nitrogens with one attached hydrogen (secondary N) is 1. The first kappa shape index (κ1) is 22.1. The number of thiazole rings is 1. The van der Waals surface area contributed by atoms with Crippen molar-refractivity contribution < 1.29 is 24.3 Å².